The number of benzene rings is 3. The average molecular weight is 440 g/mol. The molecule has 0 aliphatic rings. The summed E-state index contributed by atoms with van der Waals surface area (Å²) in [5.41, 5.74) is 5.80. The van der Waals surface area contributed by atoms with Gasteiger partial charge in [-0.25, -0.2) is 4.68 Å². The van der Waals surface area contributed by atoms with E-state index in [1.54, 1.807) is 11.9 Å². The Morgan fingerprint density at radius 2 is 1.39 bits per heavy atom. The Morgan fingerprint density at radius 3 is 2.03 bits per heavy atom. The molecule has 0 spiro atoms. The first-order valence-corrected chi connectivity index (χ1v) is 10.8. The van der Waals surface area contributed by atoms with E-state index < -0.39 is 5.97 Å². The second kappa shape index (κ2) is 9.96. The molecule has 6 heteroatoms. The number of carbonyl (C=O) groups is 2. The number of hydrogen-bond donors (Lipinski definition) is 1. The van der Waals surface area contributed by atoms with Crippen LogP contribution in [0.1, 0.15) is 18.4 Å². The van der Waals surface area contributed by atoms with Crippen LogP contribution < -0.4 is 0 Å². The number of nitrogens with zero attached hydrogens (tertiary/aromatic N) is 3. The van der Waals surface area contributed by atoms with Gasteiger partial charge in [0.2, 0.25) is 5.91 Å². The van der Waals surface area contributed by atoms with E-state index in [9.17, 15) is 9.59 Å². The Labute approximate surface area is 192 Å². The molecular formula is C27H25N3O3. The number of carbonyl (C=O) groups excluding carboxylic acids is 1. The number of amides is 1. The molecule has 1 N–H and O–H groups in total. The van der Waals surface area contributed by atoms with E-state index in [1.165, 1.54) is 0 Å². The summed E-state index contributed by atoms with van der Waals surface area (Å²) >= 11 is 0. The van der Waals surface area contributed by atoms with Crippen LogP contribution in [0.4, 0.5) is 0 Å². The fourth-order valence-corrected chi connectivity index (χ4v) is 3.68. The summed E-state index contributed by atoms with van der Waals surface area (Å²) in [6, 6.07) is 28.2. The van der Waals surface area contributed by atoms with E-state index in [4.69, 9.17) is 10.2 Å². The van der Waals surface area contributed by atoms with Crippen molar-refractivity contribution < 1.29 is 14.7 Å². The van der Waals surface area contributed by atoms with Crippen LogP contribution >= 0.6 is 0 Å². The number of carboxylic acids is 1. The fraction of sp³-hybridized carbons (Fsp3) is 0.148. The normalized spacial score (nSPS) is 10.7. The Hall–Kier alpha value is -4.19. The average Bonchev–Trinajstić information content (AvgIpc) is 3.27. The monoisotopic (exact) mass is 439 g/mol. The van der Waals surface area contributed by atoms with Crippen molar-refractivity contribution in [2.24, 2.45) is 0 Å². The molecule has 0 saturated carbocycles. The van der Waals surface area contributed by atoms with Crippen molar-refractivity contribution in [1.29, 1.82) is 0 Å². The smallest absolute Gasteiger partial charge is 0.303 e. The second-order valence-corrected chi connectivity index (χ2v) is 7.87. The molecule has 0 aliphatic carbocycles. The van der Waals surface area contributed by atoms with Gasteiger partial charge in [0.15, 0.2) is 0 Å². The maximum Gasteiger partial charge on any atom is 0.303 e. The zero-order valence-electron chi connectivity index (χ0n) is 18.4. The minimum atomic E-state index is -0.979. The standard InChI is InChI=1S/C27H25N3O3/c1-29(25(31)16-17-26(32)33)18-23-19-30(24-10-6-3-7-11-24)28-27(23)22-14-12-21(13-15-22)20-8-4-2-5-9-20/h2-15,19H,16-18H2,1H3,(H,32,33). The first kappa shape index (κ1) is 22.0. The predicted molar refractivity (Wildman–Crippen MR) is 128 cm³/mol. The van der Waals surface area contributed by atoms with Crippen LogP contribution in [0.15, 0.2) is 91.1 Å². The third kappa shape index (κ3) is 5.36. The number of carboxylic acid groups (broad SMARTS) is 1. The van der Waals surface area contributed by atoms with Gasteiger partial charge >= 0.3 is 5.97 Å². The van der Waals surface area contributed by atoms with Crippen molar-refractivity contribution in [2.75, 3.05) is 7.05 Å². The fourth-order valence-electron chi connectivity index (χ4n) is 3.68. The molecule has 0 aliphatic heterocycles. The van der Waals surface area contributed by atoms with Crippen molar-refractivity contribution >= 4 is 11.9 Å². The Morgan fingerprint density at radius 1 is 0.818 bits per heavy atom. The van der Waals surface area contributed by atoms with Crippen molar-refractivity contribution in [2.45, 2.75) is 19.4 Å². The summed E-state index contributed by atoms with van der Waals surface area (Å²) in [6.45, 7) is 0.334. The summed E-state index contributed by atoms with van der Waals surface area (Å²) < 4.78 is 1.81. The number of rotatable bonds is 8. The van der Waals surface area contributed by atoms with Gasteiger partial charge in [-0.2, -0.15) is 5.10 Å². The van der Waals surface area contributed by atoms with Crippen LogP contribution in [0.25, 0.3) is 28.1 Å². The molecule has 33 heavy (non-hydrogen) atoms. The van der Waals surface area contributed by atoms with Gasteiger partial charge in [-0.1, -0.05) is 72.8 Å². The van der Waals surface area contributed by atoms with Crippen LogP contribution in [-0.2, 0) is 16.1 Å². The summed E-state index contributed by atoms with van der Waals surface area (Å²) in [5, 5.41) is 13.7. The largest absolute Gasteiger partial charge is 0.481 e. The van der Waals surface area contributed by atoms with Crippen LogP contribution in [0, 0.1) is 0 Å². The van der Waals surface area contributed by atoms with E-state index in [-0.39, 0.29) is 18.7 Å². The van der Waals surface area contributed by atoms with E-state index in [0.29, 0.717) is 6.54 Å². The lowest BCUT2D eigenvalue weighted by Crippen LogP contribution is -2.26. The van der Waals surface area contributed by atoms with Gasteiger partial charge in [0.25, 0.3) is 0 Å². The third-order valence-corrected chi connectivity index (χ3v) is 5.46. The highest BCUT2D eigenvalue weighted by molar-refractivity contribution is 5.80. The minimum absolute atomic E-state index is 0.0280. The van der Waals surface area contributed by atoms with Gasteiger partial charge in [0, 0.05) is 37.3 Å². The van der Waals surface area contributed by atoms with Crippen molar-refractivity contribution in [3.8, 4) is 28.1 Å². The van der Waals surface area contributed by atoms with Gasteiger partial charge in [-0.05, 0) is 23.3 Å². The van der Waals surface area contributed by atoms with Crippen LogP contribution in [0.2, 0.25) is 0 Å². The maximum atomic E-state index is 12.4. The zero-order chi connectivity index (χ0) is 23.2. The Bertz CT molecular complexity index is 1230. The molecule has 0 fully saturated rings. The molecule has 0 radical (unpaired) electrons. The van der Waals surface area contributed by atoms with E-state index >= 15 is 0 Å². The summed E-state index contributed by atoms with van der Waals surface area (Å²) in [4.78, 5) is 24.8. The predicted octanol–water partition coefficient (Wildman–Crippen LogP) is 5.03. The van der Waals surface area contributed by atoms with Gasteiger partial charge in [0.1, 0.15) is 0 Å². The first-order valence-electron chi connectivity index (χ1n) is 10.8. The summed E-state index contributed by atoms with van der Waals surface area (Å²) in [5.74, 6) is -1.19. The molecule has 6 nitrogen and oxygen atoms in total. The number of aromatic nitrogens is 2. The lowest BCUT2D eigenvalue weighted by atomic mass is 10.0. The van der Waals surface area contributed by atoms with Crippen LogP contribution in [0.5, 0.6) is 0 Å². The molecule has 166 valence electrons. The SMILES string of the molecule is CN(Cc1cn(-c2ccccc2)nc1-c1ccc(-c2ccccc2)cc1)C(=O)CCC(=O)O. The van der Waals surface area contributed by atoms with Crippen molar-refractivity contribution in [3.05, 3.63) is 96.7 Å². The Kier molecular flexibility index (Phi) is 6.64. The number of aliphatic carboxylic acids is 1. The van der Waals surface area contributed by atoms with Gasteiger partial charge in [0.05, 0.1) is 17.8 Å². The van der Waals surface area contributed by atoms with Gasteiger partial charge < -0.3 is 10.0 Å². The van der Waals surface area contributed by atoms with Gasteiger partial charge in [-0.3, -0.25) is 9.59 Å². The molecule has 0 atom stereocenters. The molecule has 4 aromatic rings. The number of para-hydroxylation sites is 1. The van der Waals surface area contributed by atoms with Gasteiger partial charge in [-0.15, -0.1) is 0 Å². The van der Waals surface area contributed by atoms with Crippen molar-refractivity contribution in [1.82, 2.24) is 14.7 Å². The van der Waals surface area contributed by atoms with Crippen molar-refractivity contribution in [3.63, 3.8) is 0 Å². The quantitative estimate of drug-likeness (QED) is 0.418. The lowest BCUT2D eigenvalue weighted by Gasteiger charge is -2.16. The highest BCUT2D eigenvalue weighted by Gasteiger charge is 2.17. The zero-order valence-corrected chi connectivity index (χ0v) is 18.4. The summed E-state index contributed by atoms with van der Waals surface area (Å²) in [6.07, 6.45) is 1.72. The van der Waals surface area contributed by atoms with E-state index in [1.807, 2.05) is 71.5 Å². The molecular weight excluding hydrogens is 414 g/mol. The molecule has 0 bridgehead atoms. The molecule has 0 unspecified atom stereocenters. The maximum absolute atomic E-state index is 12.4. The Balaban J connectivity index is 1.65. The molecule has 1 amide bonds. The molecule has 4 rings (SSSR count). The topological polar surface area (TPSA) is 75.4 Å². The third-order valence-electron chi connectivity index (χ3n) is 5.46. The van der Waals surface area contributed by atoms with E-state index in [0.717, 1.165) is 33.6 Å². The molecule has 1 aromatic heterocycles. The van der Waals surface area contributed by atoms with Crippen LogP contribution in [0.3, 0.4) is 0 Å². The number of hydrogen-bond acceptors (Lipinski definition) is 3. The molecule has 0 saturated heterocycles. The summed E-state index contributed by atoms with van der Waals surface area (Å²) in [7, 11) is 1.69. The highest BCUT2D eigenvalue weighted by atomic mass is 16.4. The molecule has 3 aromatic carbocycles. The minimum Gasteiger partial charge on any atom is -0.481 e. The first-order chi connectivity index (χ1) is 16.0. The molecule has 1 heterocycles. The van der Waals surface area contributed by atoms with E-state index in [2.05, 4.69) is 24.3 Å². The lowest BCUT2D eigenvalue weighted by molar-refractivity contribution is -0.140. The second-order valence-electron chi connectivity index (χ2n) is 7.87. The van der Waals surface area contributed by atoms with Crippen LogP contribution in [-0.4, -0.2) is 38.7 Å². The highest BCUT2D eigenvalue weighted by Crippen LogP contribution is 2.28.